The Balaban J connectivity index is 2.20. The lowest BCUT2D eigenvalue weighted by Crippen LogP contribution is -2.08. The van der Waals surface area contributed by atoms with Gasteiger partial charge in [-0.15, -0.1) is 0 Å². The average molecular weight is 428 g/mol. The van der Waals surface area contributed by atoms with Crippen LogP contribution in [0.1, 0.15) is 38.1 Å². The van der Waals surface area contributed by atoms with Crippen LogP contribution in [0.2, 0.25) is 0 Å². The van der Waals surface area contributed by atoms with E-state index in [1.165, 1.54) is 35.8 Å². The first kappa shape index (κ1) is 11.9. The van der Waals surface area contributed by atoms with Crippen molar-refractivity contribution in [1.82, 2.24) is 9.55 Å². The molecule has 0 aliphatic heterocycles. The van der Waals surface area contributed by atoms with Crippen molar-refractivity contribution >= 4 is 45.2 Å². The molecule has 0 radical (unpaired) electrons. The molecule has 0 fully saturated rings. The first-order valence-corrected chi connectivity index (χ1v) is 7.49. The smallest absolute Gasteiger partial charge is 0.132 e. The minimum Gasteiger partial charge on any atom is -0.318 e. The molecule has 2 rings (SSSR count). The summed E-state index contributed by atoms with van der Waals surface area (Å²) in [7, 11) is 0. The Hall–Kier alpha value is 0.410. The third kappa shape index (κ3) is 2.95. The third-order valence-electron chi connectivity index (χ3n) is 2.78. The van der Waals surface area contributed by atoms with Gasteiger partial charge in [-0.3, -0.25) is 0 Å². The summed E-state index contributed by atoms with van der Waals surface area (Å²) in [4.78, 5) is 4.35. The predicted octanol–water partition coefficient (Wildman–Crippen LogP) is 4.15. The molecule has 0 N–H and O–H groups in total. The number of rotatable bonds is 1. The number of allylic oxidation sites excluding steroid dienone is 2. The summed E-state index contributed by atoms with van der Waals surface area (Å²) >= 11 is 4.68. The van der Waals surface area contributed by atoms with Gasteiger partial charge in [0, 0.05) is 0 Å². The van der Waals surface area contributed by atoms with Gasteiger partial charge in [-0.25, -0.2) is 4.98 Å². The van der Waals surface area contributed by atoms with E-state index in [1.807, 2.05) is 6.33 Å². The molecule has 82 valence electrons. The summed E-state index contributed by atoms with van der Waals surface area (Å²) < 4.78 is 4.68. The summed E-state index contributed by atoms with van der Waals surface area (Å²) in [6, 6.07) is 0.521. The molecule has 1 aromatic rings. The molecule has 15 heavy (non-hydrogen) atoms. The van der Waals surface area contributed by atoms with Crippen molar-refractivity contribution in [2.75, 3.05) is 0 Å². The van der Waals surface area contributed by atoms with Gasteiger partial charge in [-0.05, 0) is 64.4 Å². The summed E-state index contributed by atoms with van der Waals surface area (Å²) in [5.74, 6) is 0. The van der Waals surface area contributed by atoms with Gasteiger partial charge in [0.2, 0.25) is 0 Å². The van der Waals surface area contributed by atoms with E-state index in [-0.39, 0.29) is 0 Å². The molecule has 2 nitrogen and oxygen atoms in total. The SMILES string of the molecule is Ic1ncn(C2/C=C\CCCCC2)c1I. The number of halogens is 2. The maximum atomic E-state index is 4.35. The zero-order valence-corrected chi connectivity index (χ0v) is 12.8. The van der Waals surface area contributed by atoms with E-state index >= 15 is 0 Å². The molecule has 0 saturated heterocycles. The molecule has 4 heteroatoms. The van der Waals surface area contributed by atoms with Gasteiger partial charge < -0.3 is 4.57 Å². The Morgan fingerprint density at radius 2 is 2.13 bits per heavy atom. The zero-order chi connectivity index (χ0) is 10.7. The largest absolute Gasteiger partial charge is 0.318 e. The minimum atomic E-state index is 0.521. The van der Waals surface area contributed by atoms with Crippen LogP contribution >= 0.6 is 45.2 Å². The lowest BCUT2D eigenvalue weighted by Gasteiger charge is -2.17. The highest BCUT2D eigenvalue weighted by Crippen LogP contribution is 2.25. The van der Waals surface area contributed by atoms with Crippen LogP contribution in [-0.2, 0) is 0 Å². The molecule has 1 aliphatic rings. The molecular weight excluding hydrogens is 414 g/mol. The molecule has 0 saturated carbocycles. The Morgan fingerprint density at radius 3 is 2.87 bits per heavy atom. The highest BCUT2D eigenvalue weighted by molar-refractivity contribution is 14.1. The molecule has 1 aromatic heterocycles. The van der Waals surface area contributed by atoms with Gasteiger partial charge in [-0.1, -0.05) is 25.0 Å². The van der Waals surface area contributed by atoms with E-state index < -0.39 is 0 Å². The van der Waals surface area contributed by atoms with Gasteiger partial charge >= 0.3 is 0 Å². The predicted molar refractivity (Wildman–Crippen MR) is 78.9 cm³/mol. The summed E-state index contributed by atoms with van der Waals surface area (Å²) in [5.41, 5.74) is 0. The highest BCUT2D eigenvalue weighted by atomic mass is 127. The quantitative estimate of drug-likeness (QED) is 0.486. The first-order valence-electron chi connectivity index (χ1n) is 5.33. The summed E-state index contributed by atoms with van der Waals surface area (Å²) in [5, 5.41) is 0. The molecule has 0 spiro atoms. The van der Waals surface area contributed by atoms with E-state index in [2.05, 4.69) is 66.9 Å². The monoisotopic (exact) mass is 428 g/mol. The molecule has 0 aromatic carbocycles. The molecule has 1 atom stereocenters. The topological polar surface area (TPSA) is 17.8 Å². The lowest BCUT2D eigenvalue weighted by atomic mass is 10.0. The minimum absolute atomic E-state index is 0.521. The van der Waals surface area contributed by atoms with E-state index in [1.54, 1.807) is 0 Å². The van der Waals surface area contributed by atoms with Gasteiger partial charge in [0.15, 0.2) is 0 Å². The third-order valence-corrected chi connectivity index (χ3v) is 5.67. The van der Waals surface area contributed by atoms with Crippen LogP contribution in [0.4, 0.5) is 0 Å². The van der Waals surface area contributed by atoms with Crippen molar-refractivity contribution in [3.8, 4) is 0 Å². The molecule has 0 amide bonds. The van der Waals surface area contributed by atoms with E-state index in [9.17, 15) is 0 Å². The summed E-state index contributed by atoms with van der Waals surface area (Å²) in [6.45, 7) is 0. The number of imidazole rings is 1. The van der Waals surface area contributed by atoms with Crippen LogP contribution in [-0.4, -0.2) is 9.55 Å². The second-order valence-corrected chi connectivity index (χ2v) is 5.91. The van der Waals surface area contributed by atoms with Crippen molar-refractivity contribution in [1.29, 1.82) is 0 Å². The van der Waals surface area contributed by atoms with Crippen LogP contribution in [0.15, 0.2) is 18.5 Å². The Kier molecular flexibility index (Phi) is 4.48. The molecule has 1 unspecified atom stereocenters. The number of aromatic nitrogens is 2. The fraction of sp³-hybridized carbons (Fsp3) is 0.545. The van der Waals surface area contributed by atoms with Gasteiger partial charge in [0.25, 0.3) is 0 Å². The van der Waals surface area contributed by atoms with Crippen LogP contribution in [0.5, 0.6) is 0 Å². The maximum absolute atomic E-state index is 4.35. The highest BCUT2D eigenvalue weighted by Gasteiger charge is 2.13. The standard InChI is InChI=1S/C11H14I2N2/c12-10-11(13)15(8-14-10)9-6-4-2-1-3-5-7-9/h4,6,8-9H,1-3,5,7H2/b6-4-. The van der Waals surface area contributed by atoms with Crippen LogP contribution < -0.4 is 0 Å². The van der Waals surface area contributed by atoms with Crippen LogP contribution in [0, 0.1) is 7.40 Å². The van der Waals surface area contributed by atoms with E-state index in [0.717, 1.165) is 3.70 Å². The van der Waals surface area contributed by atoms with E-state index in [4.69, 9.17) is 0 Å². The number of hydrogen-bond acceptors (Lipinski definition) is 1. The van der Waals surface area contributed by atoms with E-state index in [0.29, 0.717) is 6.04 Å². The van der Waals surface area contributed by atoms with Crippen LogP contribution in [0.25, 0.3) is 0 Å². The summed E-state index contributed by atoms with van der Waals surface area (Å²) in [6.07, 6.45) is 13.2. The molecule has 1 aliphatic carbocycles. The van der Waals surface area contributed by atoms with Gasteiger partial charge in [0.1, 0.15) is 7.40 Å². The van der Waals surface area contributed by atoms with Crippen molar-refractivity contribution in [3.05, 3.63) is 25.9 Å². The molecule has 1 heterocycles. The maximum Gasteiger partial charge on any atom is 0.132 e. The van der Waals surface area contributed by atoms with Gasteiger partial charge in [-0.2, -0.15) is 0 Å². The molecule has 0 bridgehead atoms. The Bertz CT molecular complexity index is 357. The second kappa shape index (κ2) is 5.65. The molecular formula is C11H14I2N2. The Labute approximate surface area is 118 Å². The van der Waals surface area contributed by atoms with Crippen molar-refractivity contribution in [2.45, 2.75) is 38.1 Å². The Morgan fingerprint density at radius 1 is 1.27 bits per heavy atom. The lowest BCUT2D eigenvalue weighted by molar-refractivity contribution is 0.496. The average Bonchev–Trinajstić information content (AvgIpc) is 2.48. The zero-order valence-electron chi connectivity index (χ0n) is 8.50. The normalized spacial score (nSPS) is 24.5. The number of nitrogens with zero attached hydrogens (tertiary/aromatic N) is 2. The fourth-order valence-corrected chi connectivity index (χ4v) is 2.95. The van der Waals surface area contributed by atoms with Gasteiger partial charge in [0.05, 0.1) is 12.4 Å². The number of hydrogen-bond donors (Lipinski definition) is 0. The van der Waals surface area contributed by atoms with Crippen molar-refractivity contribution < 1.29 is 0 Å². The fourth-order valence-electron chi connectivity index (χ4n) is 1.93. The van der Waals surface area contributed by atoms with Crippen molar-refractivity contribution in [2.24, 2.45) is 0 Å². The first-order chi connectivity index (χ1) is 7.29. The second-order valence-electron chi connectivity index (χ2n) is 3.87. The van der Waals surface area contributed by atoms with Crippen LogP contribution in [0.3, 0.4) is 0 Å². The van der Waals surface area contributed by atoms with Crippen molar-refractivity contribution in [3.63, 3.8) is 0 Å².